The maximum Gasteiger partial charge on any atom is 0.274 e. The van der Waals surface area contributed by atoms with Gasteiger partial charge < -0.3 is 24.0 Å². The number of hydrogen-bond donors (Lipinski definition) is 0. The Hall–Kier alpha value is -2.62. The van der Waals surface area contributed by atoms with E-state index < -0.39 is 5.60 Å². The van der Waals surface area contributed by atoms with Gasteiger partial charge in [0.05, 0.1) is 32.8 Å². The van der Waals surface area contributed by atoms with Crippen LogP contribution in [0.3, 0.4) is 0 Å². The molecule has 184 valence electrons. The zero-order valence-corrected chi connectivity index (χ0v) is 20.2. The molecule has 0 radical (unpaired) electrons. The summed E-state index contributed by atoms with van der Waals surface area (Å²) in [5.41, 5.74) is -0.600. The molecule has 1 atom stereocenters. The number of aromatic nitrogens is 2. The van der Waals surface area contributed by atoms with Crippen molar-refractivity contribution in [1.29, 1.82) is 0 Å². The molecule has 2 amide bonds. The predicted molar refractivity (Wildman–Crippen MR) is 126 cm³/mol. The molecule has 0 saturated carbocycles. The van der Waals surface area contributed by atoms with Crippen LogP contribution in [0.1, 0.15) is 30.3 Å². The molecule has 0 N–H and O–H groups in total. The molecule has 0 spiro atoms. The second-order valence-electron chi connectivity index (χ2n) is 8.64. The van der Waals surface area contributed by atoms with E-state index in [2.05, 4.69) is 12.0 Å². The normalized spacial score (nSPS) is 20.9. The Balaban J connectivity index is 1.51. The van der Waals surface area contributed by atoms with Crippen molar-refractivity contribution in [3.8, 4) is 5.75 Å². The van der Waals surface area contributed by atoms with Crippen molar-refractivity contribution < 1.29 is 23.8 Å². The molecular formula is C24H31ClN4O5. The number of carbonyl (C=O) groups is 2. The molecule has 2 aliphatic rings. The van der Waals surface area contributed by atoms with E-state index in [1.165, 1.54) is 0 Å². The maximum absolute atomic E-state index is 13.2. The van der Waals surface area contributed by atoms with E-state index in [0.29, 0.717) is 55.9 Å². The average molecular weight is 491 g/mol. The summed E-state index contributed by atoms with van der Waals surface area (Å²) in [6.45, 7) is 5.99. The highest BCUT2D eigenvalue weighted by molar-refractivity contribution is 6.30. The number of carbonyl (C=O) groups excluding carboxylic acids is 2. The van der Waals surface area contributed by atoms with Gasteiger partial charge in [-0.2, -0.15) is 5.10 Å². The third-order valence-corrected chi connectivity index (χ3v) is 6.22. The Kier molecular flexibility index (Phi) is 8.07. The summed E-state index contributed by atoms with van der Waals surface area (Å²) in [6, 6.07) is 8.81. The van der Waals surface area contributed by atoms with E-state index in [4.69, 9.17) is 25.8 Å². The number of nitrogens with zero attached hydrogens (tertiary/aromatic N) is 4. The number of rotatable bonds is 8. The van der Waals surface area contributed by atoms with Crippen molar-refractivity contribution in [3.05, 3.63) is 47.2 Å². The van der Waals surface area contributed by atoms with E-state index in [9.17, 15) is 9.59 Å². The molecule has 2 aliphatic heterocycles. The molecule has 2 aromatic rings. The lowest BCUT2D eigenvalue weighted by Gasteiger charge is -2.43. The van der Waals surface area contributed by atoms with Gasteiger partial charge in [0.25, 0.3) is 5.91 Å². The van der Waals surface area contributed by atoms with Gasteiger partial charge in [0.15, 0.2) is 0 Å². The summed E-state index contributed by atoms with van der Waals surface area (Å²) in [5.74, 6) is 0.361. The topological polar surface area (TPSA) is 86.1 Å². The fraction of sp³-hybridized carbons (Fsp3) is 0.542. The molecule has 0 unspecified atom stereocenters. The monoisotopic (exact) mass is 490 g/mol. The van der Waals surface area contributed by atoms with Crippen molar-refractivity contribution in [2.45, 2.75) is 31.9 Å². The average Bonchev–Trinajstić information content (AvgIpc) is 3.32. The largest absolute Gasteiger partial charge is 0.490 e. The molecule has 10 heteroatoms. The molecule has 4 rings (SSSR count). The molecule has 9 nitrogen and oxygen atoms in total. The Bertz CT molecular complexity index is 993. The van der Waals surface area contributed by atoms with Crippen molar-refractivity contribution in [1.82, 2.24) is 19.6 Å². The molecule has 34 heavy (non-hydrogen) atoms. The van der Waals surface area contributed by atoms with Gasteiger partial charge in [-0.25, -0.2) is 0 Å². The number of amides is 2. The summed E-state index contributed by atoms with van der Waals surface area (Å²) in [4.78, 5) is 29.9. The minimum Gasteiger partial charge on any atom is -0.490 e. The van der Waals surface area contributed by atoms with Crippen LogP contribution >= 0.6 is 11.6 Å². The fourth-order valence-corrected chi connectivity index (χ4v) is 4.41. The molecule has 1 aromatic carbocycles. The number of ether oxygens (including phenoxy) is 3. The minimum absolute atomic E-state index is 0.0421. The molecular weight excluding hydrogens is 460 g/mol. The third kappa shape index (κ3) is 6.08. The van der Waals surface area contributed by atoms with Gasteiger partial charge in [-0.1, -0.05) is 24.6 Å². The second-order valence-corrected chi connectivity index (χ2v) is 9.07. The fourth-order valence-electron chi connectivity index (χ4n) is 4.23. The molecule has 1 aromatic heterocycles. The van der Waals surface area contributed by atoms with Gasteiger partial charge >= 0.3 is 0 Å². The first-order valence-electron chi connectivity index (χ1n) is 11.7. The van der Waals surface area contributed by atoms with Crippen LogP contribution in [0.25, 0.3) is 0 Å². The van der Waals surface area contributed by atoms with E-state index in [1.54, 1.807) is 44.8 Å². The van der Waals surface area contributed by atoms with Gasteiger partial charge in [0, 0.05) is 37.4 Å². The smallest absolute Gasteiger partial charge is 0.274 e. The summed E-state index contributed by atoms with van der Waals surface area (Å²) in [7, 11) is 0. The summed E-state index contributed by atoms with van der Waals surface area (Å²) in [6.07, 6.45) is 2.84. The highest BCUT2D eigenvalue weighted by atomic mass is 35.5. The third-order valence-electron chi connectivity index (χ3n) is 5.98. The van der Waals surface area contributed by atoms with Gasteiger partial charge in [0.2, 0.25) is 5.91 Å². The SMILES string of the molecule is CCCn1ccc(C(=O)N2CCO[C@](COc3cccc(Cl)c3)(CC(=O)N3CCOCC3)C2)n1. The molecule has 2 saturated heterocycles. The summed E-state index contributed by atoms with van der Waals surface area (Å²) >= 11 is 6.10. The molecule has 3 heterocycles. The zero-order chi connectivity index (χ0) is 24.0. The van der Waals surface area contributed by atoms with Crippen LogP contribution in [0.5, 0.6) is 5.75 Å². The van der Waals surface area contributed by atoms with Crippen molar-refractivity contribution in [2.24, 2.45) is 0 Å². The van der Waals surface area contributed by atoms with Crippen LogP contribution in [-0.4, -0.2) is 89.6 Å². The predicted octanol–water partition coefficient (Wildman–Crippen LogP) is 2.49. The van der Waals surface area contributed by atoms with Crippen LogP contribution in [0, 0.1) is 0 Å². The first kappa shape index (κ1) is 24.5. The quantitative estimate of drug-likeness (QED) is 0.565. The highest BCUT2D eigenvalue weighted by Crippen LogP contribution is 2.27. The zero-order valence-electron chi connectivity index (χ0n) is 19.5. The van der Waals surface area contributed by atoms with Crippen molar-refractivity contribution in [3.63, 3.8) is 0 Å². The second kappa shape index (κ2) is 11.2. The Labute approximate surface area is 204 Å². The maximum atomic E-state index is 13.2. The van der Waals surface area contributed by atoms with Gasteiger partial charge in [0.1, 0.15) is 23.7 Å². The first-order chi connectivity index (χ1) is 16.5. The van der Waals surface area contributed by atoms with Crippen LogP contribution in [0.2, 0.25) is 5.02 Å². The number of morpholine rings is 2. The lowest BCUT2D eigenvalue weighted by Crippen LogP contribution is -2.58. The Morgan fingerprint density at radius 3 is 2.71 bits per heavy atom. The molecule has 0 aliphatic carbocycles. The number of halogens is 1. The summed E-state index contributed by atoms with van der Waals surface area (Å²) in [5, 5.41) is 4.97. The van der Waals surface area contributed by atoms with Gasteiger partial charge in [-0.3, -0.25) is 14.3 Å². The van der Waals surface area contributed by atoms with Crippen molar-refractivity contribution >= 4 is 23.4 Å². The van der Waals surface area contributed by atoms with Gasteiger partial charge in [-0.05, 0) is 30.7 Å². The van der Waals surface area contributed by atoms with E-state index in [1.807, 2.05) is 6.20 Å². The van der Waals surface area contributed by atoms with E-state index >= 15 is 0 Å². The van der Waals surface area contributed by atoms with E-state index in [0.717, 1.165) is 13.0 Å². The van der Waals surface area contributed by atoms with Crippen LogP contribution in [-0.2, 0) is 20.8 Å². The number of hydrogen-bond acceptors (Lipinski definition) is 6. The molecule has 2 fully saturated rings. The highest BCUT2D eigenvalue weighted by Gasteiger charge is 2.43. The molecule has 0 bridgehead atoms. The van der Waals surface area contributed by atoms with Crippen LogP contribution in [0.15, 0.2) is 36.5 Å². The van der Waals surface area contributed by atoms with Gasteiger partial charge in [-0.15, -0.1) is 0 Å². The van der Waals surface area contributed by atoms with E-state index in [-0.39, 0.29) is 31.4 Å². The van der Waals surface area contributed by atoms with Crippen LogP contribution in [0.4, 0.5) is 0 Å². The summed E-state index contributed by atoms with van der Waals surface area (Å²) < 4.78 is 19.4. The number of benzene rings is 1. The lowest BCUT2D eigenvalue weighted by atomic mass is 9.96. The first-order valence-corrected chi connectivity index (χ1v) is 12.1. The standard InChI is InChI=1S/C24H31ClN4O5/c1-2-7-29-8-6-21(26-29)23(31)28-11-14-34-24(17-28,16-22(30)27-9-12-32-13-10-27)18-33-20-5-3-4-19(25)15-20/h3-6,8,15H,2,7,9-14,16-18H2,1H3/t24-/m1/s1. The minimum atomic E-state index is -0.988. The lowest BCUT2D eigenvalue weighted by molar-refractivity contribution is -0.155. The number of aryl methyl sites for hydroxylation is 1. The Morgan fingerprint density at radius 1 is 1.15 bits per heavy atom. The van der Waals surface area contributed by atoms with Crippen molar-refractivity contribution in [2.75, 3.05) is 52.6 Å². The Morgan fingerprint density at radius 2 is 1.94 bits per heavy atom. The van der Waals surface area contributed by atoms with Crippen LogP contribution < -0.4 is 4.74 Å².